The molecule has 4 aliphatic rings. The quantitative estimate of drug-likeness (QED) is 0.516. The Bertz CT molecular complexity index is 1460. The maximum absolute atomic E-state index is 14.7. The lowest BCUT2D eigenvalue weighted by Crippen LogP contribution is -2.58. The van der Waals surface area contributed by atoms with E-state index in [1.54, 1.807) is 22.8 Å². The number of aliphatic hydroxyl groups is 1. The Morgan fingerprint density at radius 1 is 0.976 bits per heavy atom. The second kappa shape index (κ2) is 10.7. The van der Waals surface area contributed by atoms with Crippen LogP contribution in [0, 0.1) is 18.8 Å². The zero-order valence-corrected chi connectivity index (χ0v) is 24.8. The molecule has 0 saturated carbocycles. The summed E-state index contributed by atoms with van der Waals surface area (Å²) in [6.45, 7) is 6.20. The molecule has 3 amide bonds. The van der Waals surface area contributed by atoms with Gasteiger partial charge in [-0.15, -0.1) is 0 Å². The normalized spacial score (nSPS) is 31.1. The van der Waals surface area contributed by atoms with E-state index in [2.05, 4.69) is 0 Å². The minimum absolute atomic E-state index is 0.179. The predicted molar refractivity (Wildman–Crippen MR) is 160 cm³/mol. The van der Waals surface area contributed by atoms with Crippen LogP contribution in [0.3, 0.4) is 0 Å². The number of nitrogens with zero attached hydrogens (tertiary/aromatic N) is 3. The second-order valence-electron chi connectivity index (χ2n) is 11.8. The van der Waals surface area contributed by atoms with Crippen LogP contribution in [-0.4, -0.2) is 75.6 Å². The Morgan fingerprint density at radius 2 is 1.71 bits per heavy atom. The van der Waals surface area contributed by atoms with Crippen molar-refractivity contribution >= 4 is 35.0 Å². The number of fused-ring (bicyclic) bond motifs is 2. The van der Waals surface area contributed by atoms with Gasteiger partial charge in [-0.05, 0) is 37.5 Å². The van der Waals surface area contributed by atoms with Crippen molar-refractivity contribution in [3.05, 3.63) is 89.0 Å². The fourth-order valence-electron chi connectivity index (χ4n) is 7.42. The van der Waals surface area contributed by atoms with Crippen LogP contribution < -0.4 is 4.90 Å². The molecule has 2 saturated heterocycles. The van der Waals surface area contributed by atoms with E-state index in [0.717, 1.165) is 11.1 Å². The molecule has 0 aliphatic carbocycles. The second-order valence-corrected chi connectivity index (χ2v) is 12.2. The predicted octanol–water partition coefficient (Wildman–Crippen LogP) is 3.89. The number of anilines is 1. The van der Waals surface area contributed by atoms with Gasteiger partial charge in [0.2, 0.25) is 11.8 Å². The number of likely N-dealkylation sites (tertiary alicyclic amines) is 1. The summed E-state index contributed by atoms with van der Waals surface area (Å²) in [6, 6.07) is 13.4. The van der Waals surface area contributed by atoms with E-state index in [1.165, 1.54) is 4.90 Å². The lowest BCUT2D eigenvalue weighted by molar-refractivity contribution is -0.152. The van der Waals surface area contributed by atoms with Gasteiger partial charge in [-0.1, -0.05) is 85.3 Å². The standard InChI is InChI=1S/C33H36ClN3O5/c1-4-32-15-9-17-35(19-23-12-6-5-7-13-23)29(39)25(32)26-30(40)37(22(3)20-38)28-31(41)36(18-10-16-33(26,28)42-32)27-21(2)11-8-14-24(27)34/h5-16,22,25-26,28,38H,4,17-20H2,1-3H3/t22-,25-,26+,28?,32+,33+/m1/s1. The van der Waals surface area contributed by atoms with E-state index in [1.807, 2.05) is 80.6 Å². The van der Waals surface area contributed by atoms with Crippen LogP contribution in [0.4, 0.5) is 5.69 Å². The number of aliphatic hydroxyl groups excluding tert-OH is 1. The summed E-state index contributed by atoms with van der Waals surface area (Å²) in [6.07, 6.45) is 7.98. The van der Waals surface area contributed by atoms with Crippen LogP contribution in [0.25, 0.3) is 0 Å². The summed E-state index contributed by atoms with van der Waals surface area (Å²) >= 11 is 6.62. The third-order valence-corrected chi connectivity index (χ3v) is 9.68. The molecule has 42 heavy (non-hydrogen) atoms. The van der Waals surface area contributed by atoms with Gasteiger partial charge in [-0.2, -0.15) is 0 Å². The minimum atomic E-state index is -1.40. The molecule has 0 aromatic heterocycles. The van der Waals surface area contributed by atoms with E-state index in [9.17, 15) is 19.5 Å². The van der Waals surface area contributed by atoms with E-state index >= 15 is 0 Å². The number of rotatable bonds is 6. The summed E-state index contributed by atoms with van der Waals surface area (Å²) in [5, 5.41) is 10.7. The van der Waals surface area contributed by atoms with Crippen LogP contribution in [0.15, 0.2) is 72.8 Å². The Hall–Kier alpha value is -3.46. The van der Waals surface area contributed by atoms with Gasteiger partial charge in [0, 0.05) is 19.6 Å². The number of carbonyl (C=O) groups excluding carboxylic acids is 3. The molecule has 0 bridgehead atoms. The molecule has 1 unspecified atom stereocenters. The summed E-state index contributed by atoms with van der Waals surface area (Å²) in [4.78, 5) is 48.5. The molecule has 4 heterocycles. The van der Waals surface area contributed by atoms with E-state index < -0.39 is 35.1 Å². The minimum Gasteiger partial charge on any atom is -0.394 e. The highest BCUT2D eigenvalue weighted by Crippen LogP contribution is 2.59. The maximum atomic E-state index is 14.7. The first-order valence-electron chi connectivity index (χ1n) is 14.6. The van der Waals surface area contributed by atoms with Gasteiger partial charge in [0.05, 0.1) is 40.8 Å². The molecule has 0 radical (unpaired) electrons. The third kappa shape index (κ3) is 4.14. The van der Waals surface area contributed by atoms with Crippen molar-refractivity contribution < 1.29 is 24.2 Å². The summed E-state index contributed by atoms with van der Waals surface area (Å²) in [5.41, 5.74) is -0.104. The number of aryl methyl sites for hydroxylation is 1. The molecular weight excluding hydrogens is 554 g/mol. The number of ether oxygens (including phenoxy) is 1. The molecule has 1 N–H and O–H groups in total. The Kier molecular flexibility index (Phi) is 7.28. The Balaban J connectivity index is 1.48. The van der Waals surface area contributed by atoms with Crippen LogP contribution in [0.2, 0.25) is 5.02 Å². The highest BCUT2D eigenvalue weighted by Gasteiger charge is 2.75. The summed E-state index contributed by atoms with van der Waals surface area (Å²) < 4.78 is 7.01. The first-order chi connectivity index (χ1) is 20.2. The average molecular weight is 590 g/mol. The summed E-state index contributed by atoms with van der Waals surface area (Å²) in [7, 11) is 0. The maximum Gasteiger partial charge on any atom is 0.253 e. The number of para-hydroxylation sites is 1. The molecule has 4 aliphatic heterocycles. The number of halogens is 1. The monoisotopic (exact) mass is 589 g/mol. The number of benzene rings is 2. The summed E-state index contributed by atoms with van der Waals surface area (Å²) in [5.74, 6) is -2.69. The fourth-order valence-corrected chi connectivity index (χ4v) is 7.75. The van der Waals surface area contributed by atoms with Gasteiger partial charge >= 0.3 is 0 Å². The molecular formula is C33H36ClN3O5. The number of hydrogen-bond acceptors (Lipinski definition) is 5. The lowest BCUT2D eigenvalue weighted by Gasteiger charge is -2.40. The SMILES string of the molecule is CC[C@]12C=CCN(Cc3ccccc3)C(=O)[C@H]1[C@H]1C(=O)N([C@H](C)CO)C3C(=O)N(c4c(C)cccc4Cl)CC=C[C@@]31O2. The van der Waals surface area contributed by atoms with E-state index in [4.69, 9.17) is 16.3 Å². The van der Waals surface area contributed by atoms with Crippen molar-refractivity contribution in [2.75, 3.05) is 24.6 Å². The van der Waals surface area contributed by atoms with Gasteiger partial charge in [0.15, 0.2) is 0 Å². The van der Waals surface area contributed by atoms with Crippen molar-refractivity contribution in [3.8, 4) is 0 Å². The van der Waals surface area contributed by atoms with Crippen LogP contribution in [0.5, 0.6) is 0 Å². The average Bonchev–Trinajstić information content (AvgIpc) is 3.29. The first-order valence-corrected chi connectivity index (χ1v) is 14.9. The fraction of sp³-hybridized carbons (Fsp3) is 0.424. The van der Waals surface area contributed by atoms with Gasteiger partial charge in [0.1, 0.15) is 11.6 Å². The Labute approximate surface area is 251 Å². The highest BCUT2D eigenvalue weighted by molar-refractivity contribution is 6.34. The number of hydrogen-bond donors (Lipinski definition) is 1. The first kappa shape index (κ1) is 28.6. The number of carbonyl (C=O) groups is 3. The van der Waals surface area contributed by atoms with Crippen molar-refractivity contribution in [1.29, 1.82) is 0 Å². The molecule has 6 rings (SSSR count). The third-order valence-electron chi connectivity index (χ3n) is 9.37. The molecule has 1 spiro atoms. The molecule has 6 atom stereocenters. The van der Waals surface area contributed by atoms with Gasteiger partial charge in [0.25, 0.3) is 5.91 Å². The van der Waals surface area contributed by atoms with E-state index in [-0.39, 0.29) is 30.9 Å². The molecule has 220 valence electrons. The number of amides is 3. The van der Waals surface area contributed by atoms with Gasteiger partial charge < -0.3 is 24.5 Å². The largest absolute Gasteiger partial charge is 0.394 e. The molecule has 2 aromatic carbocycles. The van der Waals surface area contributed by atoms with Crippen molar-refractivity contribution in [2.45, 2.75) is 57.0 Å². The molecule has 8 nitrogen and oxygen atoms in total. The molecule has 2 fully saturated rings. The zero-order chi connectivity index (χ0) is 29.8. The topological polar surface area (TPSA) is 90.4 Å². The van der Waals surface area contributed by atoms with Crippen LogP contribution >= 0.6 is 11.6 Å². The van der Waals surface area contributed by atoms with Crippen LogP contribution in [0.1, 0.15) is 31.4 Å². The lowest BCUT2D eigenvalue weighted by atomic mass is 9.73. The highest BCUT2D eigenvalue weighted by atomic mass is 35.5. The molecule has 2 aromatic rings. The molecule has 9 heteroatoms. The van der Waals surface area contributed by atoms with E-state index in [0.29, 0.717) is 30.2 Å². The van der Waals surface area contributed by atoms with Crippen molar-refractivity contribution in [2.24, 2.45) is 11.8 Å². The zero-order valence-electron chi connectivity index (χ0n) is 24.1. The Morgan fingerprint density at radius 3 is 2.40 bits per heavy atom. The van der Waals surface area contributed by atoms with Crippen molar-refractivity contribution in [3.63, 3.8) is 0 Å². The smallest absolute Gasteiger partial charge is 0.253 e. The van der Waals surface area contributed by atoms with Crippen molar-refractivity contribution in [1.82, 2.24) is 9.80 Å². The van der Waals surface area contributed by atoms with Gasteiger partial charge in [-0.25, -0.2) is 0 Å². The van der Waals surface area contributed by atoms with Crippen LogP contribution in [-0.2, 0) is 25.7 Å². The van der Waals surface area contributed by atoms with Gasteiger partial charge in [-0.3, -0.25) is 14.4 Å².